The Bertz CT molecular complexity index is 413. The minimum absolute atomic E-state index is 0.128. The number of esters is 1. The predicted molar refractivity (Wildman–Crippen MR) is 60.3 cm³/mol. The molecule has 0 aromatic carbocycles. The van der Waals surface area contributed by atoms with Crippen molar-refractivity contribution in [1.29, 1.82) is 5.26 Å². The molecule has 1 rings (SSSR count). The maximum Gasteiger partial charge on any atom is 0.310 e. The average Bonchev–Trinajstić information content (AvgIpc) is 2.29. The lowest BCUT2D eigenvalue weighted by molar-refractivity contribution is -0.149. The molecule has 1 saturated heterocycles. The van der Waals surface area contributed by atoms with Crippen molar-refractivity contribution < 1.29 is 17.9 Å². The first-order chi connectivity index (χ1) is 8.01. The van der Waals surface area contributed by atoms with Gasteiger partial charge in [-0.15, -0.1) is 0 Å². The van der Waals surface area contributed by atoms with Gasteiger partial charge in [-0.1, -0.05) is 0 Å². The molecular formula is C10H16N2O4S. The molecule has 0 amide bonds. The molecule has 0 spiro atoms. The number of piperidine rings is 1. The van der Waals surface area contributed by atoms with Crippen LogP contribution in [-0.2, 0) is 19.6 Å². The first-order valence-corrected chi connectivity index (χ1v) is 7.13. The lowest BCUT2D eigenvalue weighted by Gasteiger charge is -2.29. The van der Waals surface area contributed by atoms with Crippen molar-refractivity contribution in [1.82, 2.24) is 4.31 Å². The van der Waals surface area contributed by atoms with Gasteiger partial charge in [0.05, 0.1) is 18.6 Å². The number of hydrogen-bond acceptors (Lipinski definition) is 5. The number of carbonyl (C=O) groups is 1. The van der Waals surface area contributed by atoms with Crippen molar-refractivity contribution in [3.8, 4) is 6.07 Å². The standard InChI is InChI=1S/C10H16N2O4S/c1-2-16-10(13)9-4-3-6-12(8-9)17(14,15)7-5-11/h9H,2-4,6-8H2,1H3. The summed E-state index contributed by atoms with van der Waals surface area (Å²) in [4.78, 5) is 11.5. The van der Waals surface area contributed by atoms with Crippen molar-refractivity contribution in [2.75, 3.05) is 25.4 Å². The Kier molecular flexibility index (Phi) is 4.90. The van der Waals surface area contributed by atoms with E-state index in [1.54, 1.807) is 13.0 Å². The van der Waals surface area contributed by atoms with Gasteiger partial charge in [-0.25, -0.2) is 12.7 Å². The Hall–Kier alpha value is -1.13. The van der Waals surface area contributed by atoms with Crippen LogP contribution in [0.4, 0.5) is 0 Å². The Balaban J connectivity index is 2.67. The quantitative estimate of drug-likeness (QED) is 0.670. The normalized spacial score (nSPS) is 21.8. The summed E-state index contributed by atoms with van der Waals surface area (Å²) < 4.78 is 29.4. The third-order valence-electron chi connectivity index (χ3n) is 2.64. The van der Waals surface area contributed by atoms with Gasteiger partial charge in [0.15, 0.2) is 5.75 Å². The summed E-state index contributed by atoms with van der Waals surface area (Å²) in [7, 11) is -3.55. The topological polar surface area (TPSA) is 87.5 Å². The minimum atomic E-state index is -3.55. The molecule has 1 heterocycles. The van der Waals surface area contributed by atoms with Crippen LogP contribution in [0.3, 0.4) is 0 Å². The monoisotopic (exact) mass is 260 g/mol. The van der Waals surface area contributed by atoms with Crippen molar-refractivity contribution in [2.24, 2.45) is 5.92 Å². The molecule has 1 atom stereocenters. The van der Waals surface area contributed by atoms with Gasteiger partial charge in [0.1, 0.15) is 0 Å². The van der Waals surface area contributed by atoms with Crippen LogP contribution in [0, 0.1) is 17.2 Å². The SMILES string of the molecule is CCOC(=O)C1CCCN(S(=O)(=O)CC#N)C1. The molecule has 1 fully saturated rings. The highest BCUT2D eigenvalue weighted by Crippen LogP contribution is 2.20. The van der Waals surface area contributed by atoms with Crippen molar-refractivity contribution in [3.63, 3.8) is 0 Å². The second-order valence-electron chi connectivity index (χ2n) is 3.86. The number of nitrogens with zero attached hydrogens (tertiary/aromatic N) is 2. The van der Waals surface area contributed by atoms with E-state index in [9.17, 15) is 13.2 Å². The Morgan fingerprint density at radius 1 is 1.59 bits per heavy atom. The molecule has 17 heavy (non-hydrogen) atoms. The molecule has 0 aromatic heterocycles. The molecule has 0 aromatic rings. The molecule has 7 heteroatoms. The fraction of sp³-hybridized carbons (Fsp3) is 0.800. The summed E-state index contributed by atoms with van der Waals surface area (Å²) in [5.41, 5.74) is 0. The molecule has 0 aliphatic carbocycles. The molecule has 1 aliphatic rings. The Morgan fingerprint density at radius 2 is 2.29 bits per heavy atom. The molecule has 96 valence electrons. The van der Waals surface area contributed by atoms with Crippen LogP contribution in [0.2, 0.25) is 0 Å². The third kappa shape index (κ3) is 3.68. The lowest BCUT2D eigenvalue weighted by atomic mass is 10.0. The van der Waals surface area contributed by atoms with Crippen LogP contribution in [0.5, 0.6) is 0 Å². The molecule has 0 N–H and O–H groups in total. The fourth-order valence-corrected chi connectivity index (χ4v) is 2.98. The highest BCUT2D eigenvalue weighted by molar-refractivity contribution is 7.89. The lowest BCUT2D eigenvalue weighted by Crippen LogP contribution is -2.43. The minimum Gasteiger partial charge on any atom is -0.466 e. The van der Waals surface area contributed by atoms with Crippen LogP contribution in [0.1, 0.15) is 19.8 Å². The molecule has 6 nitrogen and oxygen atoms in total. The smallest absolute Gasteiger partial charge is 0.310 e. The maximum absolute atomic E-state index is 11.7. The zero-order chi connectivity index (χ0) is 12.9. The third-order valence-corrected chi connectivity index (χ3v) is 4.26. The van der Waals surface area contributed by atoms with Crippen molar-refractivity contribution >= 4 is 16.0 Å². The van der Waals surface area contributed by atoms with Gasteiger partial charge in [0.25, 0.3) is 0 Å². The average molecular weight is 260 g/mol. The van der Waals surface area contributed by atoms with Gasteiger partial charge in [-0.3, -0.25) is 4.79 Å². The molecular weight excluding hydrogens is 244 g/mol. The fourth-order valence-electron chi connectivity index (χ4n) is 1.82. The molecule has 0 bridgehead atoms. The van der Waals surface area contributed by atoms with Crippen LogP contribution in [0.25, 0.3) is 0 Å². The van der Waals surface area contributed by atoms with E-state index in [0.717, 1.165) is 0 Å². The van der Waals surface area contributed by atoms with E-state index in [4.69, 9.17) is 10.00 Å². The van der Waals surface area contributed by atoms with Gasteiger partial charge < -0.3 is 4.74 Å². The summed E-state index contributed by atoms with van der Waals surface area (Å²) in [5, 5.41) is 8.44. The van der Waals surface area contributed by atoms with Crippen LogP contribution in [0.15, 0.2) is 0 Å². The van der Waals surface area contributed by atoms with Crippen molar-refractivity contribution in [2.45, 2.75) is 19.8 Å². The van der Waals surface area contributed by atoms with Gasteiger partial charge in [-0.05, 0) is 19.8 Å². The molecule has 0 radical (unpaired) electrons. The van der Waals surface area contributed by atoms with Gasteiger partial charge in [-0.2, -0.15) is 5.26 Å². The summed E-state index contributed by atoms with van der Waals surface area (Å²) >= 11 is 0. The van der Waals surface area contributed by atoms with Crippen LogP contribution >= 0.6 is 0 Å². The number of rotatable bonds is 4. The summed E-state index contributed by atoms with van der Waals surface area (Å²) in [6.45, 7) is 2.51. The van der Waals surface area contributed by atoms with Crippen molar-refractivity contribution in [3.05, 3.63) is 0 Å². The van der Waals surface area contributed by atoms with E-state index in [1.807, 2.05) is 0 Å². The molecule has 1 unspecified atom stereocenters. The van der Waals surface area contributed by atoms with Gasteiger partial charge in [0, 0.05) is 13.1 Å². The molecule has 1 aliphatic heterocycles. The van der Waals surface area contributed by atoms with Crippen LogP contribution in [-0.4, -0.2) is 44.1 Å². The second-order valence-corrected chi connectivity index (χ2v) is 5.83. The number of carbonyl (C=O) groups excluding carboxylic acids is 1. The predicted octanol–water partition coefficient (Wildman–Crippen LogP) is 0.115. The summed E-state index contributed by atoms with van der Waals surface area (Å²) in [6, 6.07) is 1.63. The Labute approximate surface area is 101 Å². The number of ether oxygens (including phenoxy) is 1. The largest absolute Gasteiger partial charge is 0.466 e. The van der Waals surface area contributed by atoms with E-state index in [0.29, 0.717) is 26.0 Å². The van der Waals surface area contributed by atoms with E-state index < -0.39 is 21.7 Å². The number of hydrogen-bond donors (Lipinski definition) is 0. The summed E-state index contributed by atoms with van der Waals surface area (Å²) in [5.74, 6) is -1.30. The van der Waals surface area contributed by atoms with E-state index in [1.165, 1.54) is 4.31 Å². The van der Waals surface area contributed by atoms with Crippen LogP contribution < -0.4 is 0 Å². The maximum atomic E-state index is 11.7. The highest BCUT2D eigenvalue weighted by atomic mass is 32.2. The summed E-state index contributed by atoms with van der Waals surface area (Å²) in [6.07, 6.45) is 1.26. The number of sulfonamides is 1. The van der Waals surface area contributed by atoms with E-state index in [-0.39, 0.29) is 12.5 Å². The Morgan fingerprint density at radius 3 is 2.88 bits per heavy atom. The first-order valence-electron chi connectivity index (χ1n) is 5.52. The van der Waals surface area contributed by atoms with E-state index >= 15 is 0 Å². The van der Waals surface area contributed by atoms with E-state index in [2.05, 4.69) is 0 Å². The first kappa shape index (κ1) is 13.9. The highest BCUT2D eigenvalue weighted by Gasteiger charge is 2.32. The van der Waals surface area contributed by atoms with Gasteiger partial charge in [0.2, 0.25) is 10.0 Å². The number of nitriles is 1. The van der Waals surface area contributed by atoms with Gasteiger partial charge >= 0.3 is 5.97 Å². The molecule has 0 saturated carbocycles. The zero-order valence-electron chi connectivity index (χ0n) is 9.76. The second kappa shape index (κ2) is 5.98. The zero-order valence-corrected chi connectivity index (χ0v) is 10.6.